The molecule has 2 aromatic carbocycles. The maximum atomic E-state index is 12.3. The van der Waals surface area contributed by atoms with Crippen LogP contribution in [0.3, 0.4) is 0 Å². The molecule has 0 saturated carbocycles. The number of para-hydroxylation sites is 1. The van der Waals surface area contributed by atoms with Gasteiger partial charge in [0.15, 0.2) is 0 Å². The first-order valence-electron chi connectivity index (χ1n) is 8.04. The summed E-state index contributed by atoms with van der Waals surface area (Å²) in [6.45, 7) is 2.77. The van der Waals surface area contributed by atoms with Crippen LogP contribution in [0.15, 0.2) is 52.0 Å². The number of carbonyl (C=O) groups excluding carboxylic acids is 1. The van der Waals surface area contributed by atoms with Crippen molar-refractivity contribution >= 4 is 28.1 Å². The molecule has 0 heterocycles. The average Bonchev–Trinajstić information content (AvgIpc) is 2.63. The number of nitrogens with one attached hydrogen (secondary N) is 1. The van der Waals surface area contributed by atoms with Crippen molar-refractivity contribution < 1.29 is 14.3 Å². The largest absolute Gasteiger partial charge is 0.496 e. The maximum absolute atomic E-state index is 12.3. The Bertz CT molecular complexity index is 747. The Balaban J connectivity index is 2.06. The molecule has 0 radical (unpaired) electrons. The number of amides is 1. The molecule has 25 heavy (non-hydrogen) atoms. The van der Waals surface area contributed by atoms with Gasteiger partial charge in [0.2, 0.25) is 0 Å². The lowest BCUT2D eigenvalue weighted by molar-refractivity contribution is 0.0952. The lowest BCUT2D eigenvalue weighted by Gasteiger charge is -2.09. The minimum absolute atomic E-state index is 0.348. The van der Waals surface area contributed by atoms with Gasteiger partial charge in [-0.3, -0.25) is 4.79 Å². The molecular formula is C19H21BrN2O3. The Hall–Kier alpha value is -2.34. The Morgan fingerprint density at radius 2 is 2.04 bits per heavy atom. The molecule has 132 valence electrons. The van der Waals surface area contributed by atoms with E-state index < -0.39 is 0 Å². The summed E-state index contributed by atoms with van der Waals surface area (Å²) in [5.41, 5.74) is 3.73. The molecule has 0 atom stereocenters. The number of halogens is 1. The monoisotopic (exact) mass is 404 g/mol. The van der Waals surface area contributed by atoms with Gasteiger partial charge < -0.3 is 9.47 Å². The summed E-state index contributed by atoms with van der Waals surface area (Å²) in [5, 5.41) is 4.04. The number of hydrogen-bond donors (Lipinski definition) is 1. The van der Waals surface area contributed by atoms with E-state index in [1.54, 1.807) is 18.3 Å². The van der Waals surface area contributed by atoms with Gasteiger partial charge in [0, 0.05) is 10.0 Å². The second-order valence-corrected chi connectivity index (χ2v) is 6.20. The second-order valence-electron chi connectivity index (χ2n) is 5.28. The molecule has 0 spiro atoms. The van der Waals surface area contributed by atoms with Crippen LogP contribution in [0.25, 0.3) is 0 Å². The van der Waals surface area contributed by atoms with Crippen molar-refractivity contribution in [3.63, 3.8) is 0 Å². The zero-order valence-corrected chi connectivity index (χ0v) is 15.9. The van der Waals surface area contributed by atoms with Crippen LogP contribution in [-0.4, -0.2) is 25.8 Å². The van der Waals surface area contributed by atoms with E-state index in [2.05, 4.69) is 33.4 Å². The molecule has 0 saturated heterocycles. The van der Waals surface area contributed by atoms with Crippen LogP contribution < -0.4 is 14.9 Å². The molecule has 2 aromatic rings. The predicted octanol–water partition coefficient (Wildman–Crippen LogP) is 4.40. The molecule has 0 aliphatic heterocycles. The molecule has 2 rings (SSSR count). The van der Waals surface area contributed by atoms with Crippen LogP contribution in [0, 0.1) is 0 Å². The summed E-state index contributed by atoms with van der Waals surface area (Å²) in [4.78, 5) is 12.3. The van der Waals surface area contributed by atoms with Crippen LogP contribution in [0.2, 0.25) is 0 Å². The third kappa shape index (κ3) is 5.60. The van der Waals surface area contributed by atoms with Crippen molar-refractivity contribution in [3.05, 3.63) is 58.1 Å². The molecule has 0 aliphatic rings. The standard InChI is InChI=1S/C19H21BrN2O3/c1-3-4-11-25-17-8-6-5-7-14(17)13-21-22-19(23)16-12-15(20)9-10-18(16)24-2/h5-10,12-13H,3-4,11H2,1-2H3,(H,22,23). The van der Waals surface area contributed by atoms with Gasteiger partial charge in [-0.1, -0.05) is 41.4 Å². The van der Waals surface area contributed by atoms with E-state index in [0.29, 0.717) is 17.9 Å². The first-order valence-corrected chi connectivity index (χ1v) is 8.83. The van der Waals surface area contributed by atoms with E-state index in [9.17, 15) is 4.79 Å². The number of carbonyl (C=O) groups is 1. The quantitative estimate of drug-likeness (QED) is 0.402. The molecule has 0 unspecified atom stereocenters. The third-order valence-corrected chi connectivity index (χ3v) is 3.94. The van der Waals surface area contributed by atoms with E-state index in [1.807, 2.05) is 30.3 Å². The second kappa shape index (κ2) is 9.84. The van der Waals surface area contributed by atoms with Gasteiger partial charge in [-0.2, -0.15) is 5.10 Å². The highest BCUT2D eigenvalue weighted by Crippen LogP contribution is 2.22. The highest BCUT2D eigenvalue weighted by molar-refractivity contribution is 9.10. The normalized spacial score (nSPS) is 10.7. The summed E-state index contributed by atoms with van der Waals surface area (Å²) in [6.07, 6.45) is 3.63. The maximum Gasteiger partial charge on any atom is 0.275 e. The van der Waals surface area contributed by atoms with Crippen LogP contribution in [0.4, 0.5) is 0 Å². The average molecular weight is 405 g/mol. The van der Waals surface area contributed by atoms with Crippen LogP contribution in [-0.2, 0) is 0 Å². The fourth-order valence-corrected chi connectivity index (χ4v) is 2.48. The molecular weight excluding hydrogens is 384 g/mol. The smallest absolute Gasteiger partial charge is 0.275 e. The van der Waals surface area contributed by atoms with Gasteiger partial charge in [0.1, 0.15) is 11.5 Å². The molecule has 6 heteroatoms. The number of nitrogens with zero attached hydrogens (tertiary/aromatic N) is 1. The summed E-state index contributed by atoms with van der Waals surface area (Å²) >= 11 is 3.35. The fraction of sp³-hybridized carbons (Fsp3) is 0.263. The number of rotatable bonds is 8. The lowest BCUT2D eigenvalue weighted by atomic mass is 10.2. The Morgan fingerprint density at radius 1 is 1.24 bits per heavy atom. The molecule has 1 N–H and O–H groups in total. The van der Waals surface area contributed by atoms with Crippen molar-refractivity contribution in [2.45, 2.75) is 19.8 Å². The topological polar surface area (TPSA) is 59.9 Å². The number of hydrazone groups is 1. The van der Waals surface area contributed by atoms with Crippen LogP contribution >= 0.6 is 15.9 Å². The van der Waals surface area contributed by atoms with E-state index >= 15 is 0 Å². The molecule has 5 nitrogen and oxygen atoms in total. The zero-order chi connectivity index (χ0) is 18.1. The Kier molecular flexibility index (Phi) is 7.47. The van der Waals surface area contributed by atoms with E-state index in [0.717, 1.165) is 28.6 Å². The molecule has 0 aromatic heterocycles. The van der Waals surface area contributed by atoms with Crippen molar-refractivity contribution in [1.29, 1.82) is 0 Å². The first-order chi connectivity index (χ1) is 12.2. The molecule has 0 fully saturated rings. The van der Waals surface area contributed by atoms with Gasteiger partial charge in [0.25, 0.3) is 5.91 Å². The van der Waals surface area contributed by atoms with Crippen LogP contribution in [0.5, 0.6) is 11.5 Å². The number of ether oxygens (including phenoxy) is 2. The van der Waals surface area contributed by atoms with Crippen molar-refractivity contribution in [2.24, 2.45) is 5.10 Å². The Labute approximate surface area is 156 Å². The Morgan fingerprint density at radius 3 is 2.80 bits per heavy atom. The molecule has 1 amide bonds. The molecule has 0 bridgehead atoms. The van der Waals surface area contributed by atoms with Gasteiger partial charge in [-0.25, -0.2) is 5.43 Å². The summed E-state index contributed by atoms with van der Waals surface area (Å²) < 4.78 is 11.7. The van der Waals surface area contributed by atoms with Gasteiger partial charge >= 0.3 is 0 Å². The number of unbranched alkanes of at least 4 members (excludes halogenated alkanes) is 1. The van der Waals surface area contributed by atoms with E-state index in [1.165, 1.54) is 7.11 Å². The number of benzene rings is 2. The summed E-state index contributed by atoms with van der Waals surface area (Å²) in [7, 11) is 1.52. The third-order valence-electron chi connectivity index (χ3n) is 3.45. The SMILES string of the molecule is CCCCOc1ccccc1C=NNC(=O)c1cc(Br)ccc1OC. The zero-order valence-electron chi connectivity index (χ0n) is 14.3. The van der Waals surface area contributed by atoms with Gasteiger partial charge in [0.05, 0.1) is 25.5 Å². The fourth-order valence-electron chi connectivity index (χ4n) is 2.12. The van der Waals surface area contributed by atoms with Gasteiger partial charge in [-0.15, -0.1) is 0 Å². The van der Waals surface area contributed by atoms with Crippen molar-refractivity contribution in [1.82, 2.24) is 5.43 Å². The number of methoxy groups -OCH3 is 1. The highest BCUT2D eigenvalue weighted by atomic mass is 79.9. The van der Waals surface area contributed by atoms with Crippen molar-refractivity contribution in [3.8, 4) is 11.5 Å². The first kappa shape index (κ1) is 19.0. The minimum Gasteiger partial charge on any atom is -0.496 e. The number of hydrogen-bond acceptors (Lipinski definition) is 4. The minimum atomic E-state index is -0.348. The highest BCUT2D eigenvalue weighted by Gasteiger charge is 2.12. The predicted molar refractivity (Wildman–Crippen MR) is 103 cm³/mol. The van der Waals surface area contributed by atoms with Crippen LogP contribution in [0.1, 0.15) is 35.7 Å². The van der Waals surface area contributed by atoms with Crippen molar-refractivity contribution in [2.75, 3.05) is 13.7 Å². The van der Waals surface area contributed by atoms with E-state index in [4.69, 9.17) is 9.47 Å². The molecule has 0 aliphatic carbocycles. The summed E-state index contributed by atoms with van der Waals surface area (Å²) in [6, 6.07) is 12.8. The lowest BCUT2D eigenvalue weighted by Crippen LogP contribution is -2.18. The summed E-state index contributed by atoms with van der Waals surface area (Å²) in [5.74, 6) is 0.881. The van der Waals surface area contributed by atoms with Gasteiger partial charge in [-0.05, 0) is 36.8 Å². The van der Waals surface area contributed by atoms with E-state index in [-0.39, 0.29) is 5.91 Å².